The van der Waals surface area contributed by atoms with Gasteiger partial charge in [0, 0.05) is 19.4 Å². The second-order valence-corrected chi connectivity index (χ2v) is 4.83. The first-order valence-electron chi connectivity index (χ1n) is 5.35. The molecule has 15 heavy (non-hydrogen) atoms. The first-order chi connectivity index (χ1) is 7.35. The summed E-state index contributed by atoms with van der Waals surface area (Å²) in [4.78, 5) is 4.12. The second kappa shape index (κ2) is 16.5. The van der Waals surface area contributed by atoms with Gasteiger partial charge in [-0.25, -0.2) is 0 Å². The Morgan fingerprint density at radius 2 is 2.00 bits per heavy atom. The summed E-state index contributed by atoms with van der Waals surface area (Å²) in [6.07, 6.45) is 5.96. The zero-order valence-electron chi connectivity index (χ0n) is 10.2. The molecule has 0 radical (unpaired) electrons. The van der Waals surface area contributed by atoms with Crippen molar-refractivity contribution >= 4 is 26.6 Å². The van der Waals surface area contributed by atoms with Gasteiger partial charge in [0.2, 0.25) is 0 Å². The number of aliphatic hydroxyl groups is 1. The summed E-state index contributed by atoms with van der Waals surface area (Å²) in [6, 6.07) is 0. The Labute approximate surface area is 102 Å². The number of allylic oxidation sites excluding steroid dienone is 1. The third-order valence-electron chi connectivity index (χ3n) is 1.31. The van der Waals surface area contributed by atoms with Gasteiger partial charge in [0.1, 0.15) is 5.04 Å². The maximum atomic E-state index is 8.55. The smallest absolute Gasteiger partial charge is 0.100 e. The summed E-state index contributed by atoms with van der Waals surface area (Å²) >= 11 is 0. The topological polar surface area (TPSA) is 32.6 Å². The fourth-order valence-corrected chi connectivity index (χ4v) is 2.81. The van der Waals surface area contributed by atoms with Crippen molar-refractivity contribution in [1.29, 1.82) is 0 Å². The highest BCUT2D eigenvalue weighted by atomic mass is 33.1. The molecule has 0 heterocycles. The van der Waals surface area contributed by atoms with E-state index >= 15 is 0 Å². The molecule has 2 nitrogen and oxygen atoms in total. The Bertz CT molecular complexity index is 170. The van der Waals surface area contributed by atoms with Gasteiger partial charge in [-0.1, -0.05) is 30.7 Å². The molecule has 0 rings (SSSR count). The zero-order valence-corrected chi connectivity index (χ0v) is 11.8. The number of hydrogen-bond acceptors (Lipinski definition) is 4. The van der Waals surface area contributed by atoms with Crippen molar-refractivity contribution in [1.82, 2.24) is 0 Å². The fraction of sp³-hybridized carbons (Fsp3) is 0.727. The predicted molar refractivity (Wildman–Crippen MR) is 75.9 cm³/mol. The molecule has 0 aliphatic rings. The zero-order chi connectivity index (χ0) is 11.9. The summed E-state index contributed by atoms with van der Waals surface area (Å²) in [5.74, 6) is 1.07. The van der Waals surface area contributed by atoms with Gasteiger partial charge in [-0.3, -0.25) is 4.99 Å². The first kappa shape index (κ1) is 17.5. The van der Waals surface area contributed by atoms with E-state index in [1.54, 1.807) is 28.6 Å². The minimum atomic E-state index is 0.300. The molecule has 0 fully saturated rings. The molecular weight excluding hydrogens is 226 g/mol. The van der Waals surface area contributed by atoms with E-state index in [0.717, 1.165) is 23.6 Å². The monoisotopic (exact) mass is 249 g/mol. The van der Waals surface area contributed by atoms with Crippen LogP contribution in [0.1, 0.15) is 33.6 Å². The van der Waals surface area contributed by atoms with Crippen LogP contribution in [-0.4, -0.2) is 29.6 Å². The van der Waals surface area contributed by atoms with E-state index in [1.165, 1.54) is 0 Å². The highest BCUT2D eigenvalue weighted by Gasteiger charge is 1.94. The standard InChI is InChI=1S/C9H17NOS2.C2H6/c1-3-6-9(10-2)13-12-8-5-4-7-11;1-2/h3,6,11H,4-5,7-8H2,1-2H3;1-2H3/b6-3-,10-9?;. The molecule has 0 saturated heterocycles. The number of aliphatic imine (C=N–C) groups is 1. The minimum absolute atomic E-state index is 0.300. The molecule has 0 atom stereocenters. The van der Waals surface area contributed by atoms with Gasteiger partial charge in [0.15, 0.2) is 0 Å². The molecule has 0 saturated carbocycles. The van der Waals surface area contributed by atoms with Crippen LogP contribution in [-0.2, 0) is 0 Å². The van der Waals surface area contributed by atoms with E-state index in [-0.39, 0.29) is 0 Å². The van der Waals surface area contributed by atoms with Crippen LogP contribution >= 0.6 is 21.6 Å². The third kappa shape index (κ3) is 14.1. The van der Waals surface area contributed by atoms with Crippen molar-refractivity contribution in [3.05, 3.63) is 12.2 Å². The van der Waals surface area contributed by atoms with E-state index in [2.05, 4.69) is 4.99 Å². The normalized spacial score (nSPS) is 11.4. The van der Waals surface area contributed by atoms with Crippen molar-refractivity contribution < 1.29 is 5.11 Å². The summed E-state index contributed by atoms with van der Waals surface area (Å²) in [6.45, 7) is 6.29. The Morgan fingerprint density at radius 1 is 1.33 bits per heavy atom. The quantitative estimate of drug-likeness (QED) is 0.337. The number of unbranched alkanes of at least 4 members (excludes halogenated alkanes) is 1. The van der Waals surface area contributed by atoms with E-state index in [4.69, 9.17) is 5.11 Å². The van der Waals surface area contributed by atoms with Gasteiger partial charge in [-0.2, -0.15) is 0 Å². The molecule has 0 bridgehead atoms. The molecule has 0 aliphatic heterocycles. The molecule has 0 aliphatic carbocycles. The lowest BCUT2D eigenvalue weighted by Gasteiger charge is -1.99. The lowest BCUT2D eigenvalue weighted by molar-refractivity contribution is 0.287. The van der Waals surface area contributed by atoms with Gasteiger partial charge in [-0.15, -0.1) is 0 Å². The fourth-order valence-electron chi connectivity index (χ4n) is 0.657. The van der Waals surface area contributed by atoms with Gasteiger partial charge in [0.05, 0.1) is 0 Å². The molecule has 0 aromatic heterocycles. The molecule has 0 unspecified atom stereocenters. The maximum absolute atomic E-state index is 8.55. The molecule has 0 aromatic rings. The Hall–Kier alpha value is 0.0700. The van der Waals surface area contributed by atoms with Crippen LogP contribution in [0.15, 0.2) is 17.1 Å². The number of nitrogens with zero attached hydrogens (tertiary/aromatic N) is 1. The molecule has 0 aromatic carbocycles. The predicted octanol–water partition coefficient (Wildman–Crippen LogP) is 3.77. The van der Waals surface area contributed by atoms with Crippen LogP contribution in [0.4, 0.5) is 0 Å². The summed E-state index contributed by atoms with van der Waals surface area (Å²) in [5.41, 5.74) is 0. The molecule has 4 heteroatoms. The third-order valence-corrected chi connectivity index (χ3v) is 3.74. The van der Waals surface area contributed by atoms with E-state index in [9.17, 15) is 0 Å². The lowest BCUT2D eigenvalue weighted by Crippen LogP contribution is -1.86. The van der Waals surface area contributed by atoms with Crippen molar-refractivity contribution in [2.75, 3.05) is 19.4 Å². The molecule has 0 amide bonds. The first-order valence-corrected chi connectivity index (χ1v) is 7.66. The largest absolute Gasteiger partial charge is 0.396 e. The van der Waals surface area contributed by atoms with Gasteiger partial charge < -0.3 is 5.11 Å². The number of hydrogen-bond donors (Lipinski definition) is 1. The van der Waals surface area contributed by atoms with Crippen molar-refractivity contribution in [3.63, 3.8) is 0 Å². The van der Waals surface area contributed by atoms with Crippen LogP contribution in [0.3, 0.4) is 0 Å². The number of aliphatic hydroxyl groups excluding tert-OH is 1. The maximum Gasteiger partial charge on any atom is 0.100 e. The number of rotatable bonds is 6. The summed E-state index contributed by atoms with van der Waals surface area (Å²) in [5, 5.41) is 9.61. The van der Waals surface area contributed by atoms with E-state index < -0.39 is 0 Å². The average Bonchev–Trinajstić information content (AvgIpc) is 2.30. The van der Waals surface area contributed by atoms with Crippen LogP contribution in [0.5, 0.6) is 0 Å². The van der Waals surface area contributed by atoms with Crippen molar-refractivity contribution in [2.45, 2.75) is 33.6 Å². The van der Waals surface area contributed by atoms with Crippen molar-refractivity contribution in [3.8, 4) is 0 Å². The molecular formula is C11H23NOS2. The van der Waals surface area contributed by atoms with Gasteiger partial charge in [0.25, 0.3) is 0 Å². The Balaban J connectivity index is 0. The Kier molecular flexibility index (Phi) is 19.2. The van der Waals surface area contributed by atoms with Crippen LogP contribution in [0.25, 0.3) is 0 Å². The van der Waals surface area contributed by atoms with Gasteiger partial charge >= 0.3 is 0 Å². The van der Waals surface area contributed by atoms with Crippen LogP contribution in [0.2, 0.25) is 0 Å². The van der Waals surface area contributed by atoms with E-state index in [1.807, 2.05) is 32.9 Å². The average molecular weight is 249 g/mol. The van der Waals surface area contributed by atoms with Crippen molar-refractivity contribution in [2.24, 2.45) is 4.99 Å². The SMILES string of the molecule is C/C=C\C(=NC)SSCCCCO.CC. The van der Waals surface area contributed by atoms with Crippen LogP contribution in [0, 0.1) is 0 Å². The lowest BCUT2D eigenvalue weighted by atomic mass is 10.4. The molecule has 90 valence electrons. The summed E-state index contributed by atoms with van der Waals surface area (Å²) < 4.78 is 0. The van der Waals surface area contributed by atoms with Crippen LogP contribution < -0.4 is 0 Å². The van der Waals surface area contributed by atoms with Gasteiger partial charge in [-0.05, 0) is 36.6 Å². The molecule has 0 spiro atoms. The summed E-state index contributed by atoms with van der Waals surface area (Å²) in [7, 11) is 5.29. The van der Waals surface area contributed by atoms with E-state index in [0.29, 0.717) is 6.61 Å². The molecule has 1 N–H and O–H groups in total. The minimum Gasteiger partial charge on any atom is -0.396 e. The highest BCUT2D eigenvalue weighted by Crippen LogP contribution is 2.24. The highest BCUT2D eigenvalue weighted by molar-refractivity contribution is 8.82. The second-order valence-electron chi connectivity index (χ2n) is 2.40. The Morgan fingerprint density at radius 3 is 2.47 bits per heavy atom.